The number of primary amides is 1. The van der Waals surface area contributed by atoms with Crippen molar-refractivity contribution in [2.75, 3.05) is 13.1 Å². The molecule has 3 aromatic rings. The number of H-pyrrole nitrogens is 1. The average molecular weight is 479 g/mol. The van der Waals surface area contributed by atoms with Gasteiger partial charge in [0, 0.05) is 37.2 Å². The summed E-state index contributed by atoms with van der Waals surface area (Å²) in [4.78, 5) is 31.3. The maximum Gasteiger partial charge on any atom is 0.265 e. The number of piperidine rings is 1. The Morgan fingerprint density at radius 1 is 1.24 bits per heavy atom. The molecule has 0 atom stereocenters. The molecule has 33 heavy (non-hydrogen) atoms. The second kappa shape index (κ2) is 10.3. The van der Waals surface area contributed by atoms with Gasteiger partial charge in [-0.3, -0.25) is 9.59 Å². The van der Waals surface area contributed by atoms with Crippen molar-refractivity contribution in [1.29, 1.82) is 0 Å². The number of rotatable bonds is 4. The van der Waals surface area contributed by atoms with Crippen LogP contribution in [0.25, 0.3) is 11.0 Å². The number of fused-ring (bicyclic) bond motifs is 1. The van der Waals surface area contributed by atoms with Gasteiger partial charge in [0.05, 0.1) is 10.6 Å². The van der Waals surface area contributed by atoms with Gasteiger partial charge in [-0.05, 0) is 49.9 Å². The van der Waals surface area contributed by atoms with Gasteiger partial charge in [-0.25, -0.2) is 13.8 Å². The smallest absolute Gasteiger partial charge is 0.265 e. The number of amides is 2. The van der Waals surface area contributed by atoms with Crippen LogP contribution in [0.5, 0.6) is 0 Å². The molecule has 1 fully saturated rings. The lowest BCUT2D eigenvalue weighted by atomic mass is 9.93. The predicted molar refractivity (Wildman–Crippen MR) is 121 cm³/mol. The summed E-state index contributed by atoms with van der Waals surface area (Å²) in [5.74, 6) is -1.78. The molecule has 1 saturated heterocycles. The number of aromatic nitrogens is 2. The minimum atomic E-state index is -0.695. The summed E-state index contributed by atoms with van der Waals surface area (Å²) in [7, 11) is 0. The van der Waals surface area contributed by atoms with Gasteiger partial charge in [0.25, 0.3) is 5.91 Å². The minimum absolute atomic E-state index is 0.0516. The van der Waals surface area contributed by atoms with Crippen LogP contribution in [-0.4, -0.2) is 50.5 Å². The molecule has 2 amide bonds. The Morgan fingerprint density at radius 2 is 1.94 bits per heavy atom. The third kappa shape index (κ3) is 6.72. The lowest BCUT2D eigenvalue weighted by molar-refractivity contribution is -0.134. The first-order valence-electron chi connectivity index (χ1n) is 10.4. The molecule has 1 aliphatic heterocycles. The number of hydrogen-bond donors (Lipinski definition) is 3. The minimum Gasteiger partial charge on any atom is -0.390 e. The van der Waals surface area contributed by atoms with Crippen molar-refractivity contribution >= 4 is 34.4 Å². The SMILES string of the molecule is CC1(O)CCN(C(=O)CCc2ccc(F)cc2F)CC1.NC(=O)c1cc2cc(Cl)cnc2[nH]1. The van der Waals surface area contributed by atoms with E-state index >= 15 is 0 Å². The van der Waals surface area contributed by atoms with E-state index < -0.39 is 23.1 Å². The number of pyridine rings is 1. The fraction of sp³-hybridized carbons (Fsp3) is 0.348. The number of hydrogen-bond acceptors (Lipinski definition) is 4. The quantitative estimate of drug-likeness (QED) is 0.532. The third-order valence-electron chi connectivity index (χ3n) is 5.52. The molecule has 0 spiro atoms. The first kappa shape index (κ1) is 24.6. The van der Waals surface area contributed by atoms with Gasteiger partial charge in [-0.15, -0.1) is 0 Å². The van der Waals surface area contributed by atoms with E-state index in [1.807, 2.05) is 0 Å². The molecule has 4 rings (SSSR count). The summed E-state index contributed by atoms with van der Waals surface area (Å²) in [5.41, 5.74) is 5.69. The number of nitrogens with two attached hydrogens (primary N) is 1. The molecule has 1 aromatic carbocycles. The molecule has 176 valence electrons. The summed E-state index contributed by atoms with van der Waals surface area (Å²) < 4.78 is 26.2. The molecule has 10 heteroatoms. The number of carbonyl (C=O) groups is 2. The van der Waals surface area contributed by atoms with Gasteiger partial charge in [-0.1, -0.05) is 17.7 Å². The molecule has 7 nitrogen and oxygen atoms in total. The van der Waals surface area contributed by atoms with E-state index in [0.29, 0.717) is 47.9 Å². The molecule has 0 aliphatic carbocycles. The summed E-state index contributed by atoms with van der Waals surface area (Å²) in [6, 6.07) is 6.74. The molecular weight excluding hydrogens is 454 g/mol. The molecule has 1 aliphatic rings. The van der Waals surface area contributed by atoms with Crippen molar-refractivity contribution in [2.24, 2.45) is 5.73 Å². The topological polar surface area (TPSA) is 112 Å². The Hall–Kier alpha value is -3.04. The van der Waals surface area contributed by atoms with Gasteiger partial charge >= 0.3 is 0 Å². The zero-order valence-corrected chi connectivity index (χ0v) is 18.8. The van der Waals surface area contributed by atoms with E-state index in [-0.39, 0.29) is 18.7 Å². The number of halogens is 3. The average Bonchev–Trinajstić information content (AvgIpc) is 3.17. The Bertz CT molecular complexity index is 1160. The summed E-state index contributed by atoms with van der Waals surface area (Å²) in [5, 5.41) is 11.1. The fourth-order valence-corrected chi connectivity index (χ4v) is 3.65. The first-order valence-corrected chi connectivity index (χ1v) is 10.8. The van der Waals surface area contributed by atoms with Crippen LogP contribution in [0.4, 0.5) is 8.78 Å². The first-order chi connectivity index (χ1) is 15.5. The second-order valence-corrected chi connectivity index (χ2v) is 8.69. The van der Waals surface area contributed by atoms with Gasteiger partial charge in [0.1, 0.15) is 23.0 Å². The summed E-state index contributed by atoms with van der Waals surface area (Å²) in [6.07, 6.45) is 3.08. The van der Waals surface area contributed by atoms with E-state index in [0.717, 1.165) is 11.5 Å². The number of nitrogens with one attached hydrogen (secondary N) is 1. The van der Waals surface area contributed by atoms with Crippen molar-refractivity contribution in [3.8, 4) is 0 Å². The largest absolute Gasteiger partial charge is 0.390 e. The van der Waals surface area contributed by atoms with Gasteiger partial charge < -0.3 is 20.7 Å². The number of aryl methyl sites for hydroxylation is 1. The van der Waals surface area contributed by atoms with Gasteiger partial charge in [-0.2, -0.15) is 0 Å². The molecule has 3 heterocycles. The Morgan fingerprint density at radius 3 is 2.58 bits per heavy atom. The lowest BCUT2D eigenvalue weighted by Crippen LogP contribution is -2.45. The Labute approximate surface area is 194 Å². The molecule has 2 aromatic heterocycles. The van der Waals surface area contributed by atoms with Crippen LogP contribution < -0.4 is 5.73 Å². The van der Waals surface area contributed by atoms with Crippen LogP contribution in [0.2, 0.25) is 5.02 Å². The number of aromatic amines is 1. The van der Waals surface area contributed by atoms with Crippen LogP contribution in [0.3, 0.4) is 0 Å². The van der Waals surface area contributed by atoms with Crippen LogP contribution >= 0.6 is 11.6 Å². The predicted octanol–water partition coefficient (Wildman–Crippen LogP) is 3.59. The molecule has 4 N–H and O–H groups in total. The highest BCUT2D eigenvalue weighted by Gasteiger charge is 2.29. The van der Waals surface area contributed by atoms with Crippen molar-refractivity contribution in [2.45, 2.75) is 38.2 Å². The number of likely N-dealkylation sites (tertiary alicyclic amines) is 1. The molecular formula is C23H25ClF2N4O3. The van der Waals surface area contributed by atoms with E-state index in [4.69, 9.17) is 17.3 Å². The Balaban J connectivity index is 0.000000203. The van der Waals surface area contributed by atoms with Gasteiger partial charge in [0.15, 0.2) is 0 Å². The van der Waals surface area contributed by atoms with E-state index in [9.17, 15) is 23.5 Å². The molecule has 0 unspecified atom stereocenters. The molecule has 0 saturated carbocycles. The zero-order valence-electron chi connectivity index (χ0n) is 18.1. The normalized spacial score (nSPS) is 15.1. The van der Waals surface area contributed by atoms with Crippen molar-refractivity contribution in [1.82, 2.24) is 14.9 Å². The monoisotopic (exact) mass is 478 g/mol. The highest BCUT2D eigenvalue weighted by molar-refractivity contribution is 6.31. The fourth-order valence-electron chi connectivity index (χ4n) is 3.48. The lowest BCUT2D eigenvalue weighted by Gasteiger charge is -2.35. The maximum atomic E-state index is 13.4. The van der Waals surface area contributed by atoms with Crippen LogP contribution in [0.1, 0.15) is 42.2 Å². The number of aliphatic hydroxyl groups is 1. The summed E-state index contributed by atoms with van der Waals surface area (Å²) in [6.45, 7) is 2.82. The van der Waals surface area contributed by atoms with Gasteiger partial charge in [0.2, 0.25) is 5.91 Å². The highest BCUT2D eigenvalue weighted by Crippen LogP contribution is 2.22. The number of nitrogens with zero attached hydrogens (tertiary/aromatic N) is 2. The molecule has 0 bridgehead atoms. The molecule has 0 radical (unpaired) electrons. The maximum absolute atomic E-state index is 13.4. The van der Waals surface area contributed by atoms with Crippen LogP contribution in [0, 0.1) is 11.6 Å². The van der Waals surface area contributed by atoms with E-state index in [1.54, 1.807) is 24.0 Å². The van der Waals surface area contributed by atoms with E-state index in [1.165, 1.54) is 18.3 Å². The second-order valence-electron chi connectivity index (χ2n) is 8.25. The zero-order chi connectivity index (χ0) is 24.2. The van der Waals surface area contributed by atoms with Crippen LogP contribution in [0.15, 0.2) is 36.5 Å². The van der Waals surface area contributed by atoms with E-state index in [2.05, 4.69) is 9.97 Å². The van der Waals surface area contributed by atoms with Crippen molar-refractivity contribution in [3.05, 3.63) is 64.4 Å². The standard InChI is InChI=1S/C15H19F2NO2.C8H6ClN3O/c1-15(20)6-8-18(9-7-15)14(19)5-3-11-2-4-12(16)10-13(11)17;9-5-1-4-2-6(7(10)13)12-8(4)11-3-5/h2,4,10,20H,3,5-9H2,1H3;1-3H,(H2,10,13)(H,11,12). The summed E-state index contributed by atoms with van der Waals surface area (Å²) >= 11 is 5.71. The third-order valence-corrected chi connectivity index (χ3v) is 5.73. The Kier molecular flexibility index (Phi) is 7.65. The number of benzene rings is 1. The van der Waals surface area contributed by atoms with Crippen molar-refractivity contribution in [3.63, 3.8) is 0 Å². The highest BCUT2D eigenvalue weighted by atomic mass is 35.5. The van der Waals surface area contributed by atoms with Crippen LogP contribution in [-0.2, 0) is 11.2 Å². The number of carbonyl (C=O) groups excluding carboxylic acids is 2. The van der Waals surface area contributed by atoms with Crippen molar-refractivity contribution < 1.29 is 23.5 Å².